The van der Waals surface area contributed by atoms with Gasteiger partial charge in [0, 0.05) is 18.7 Å². The Kier molecular flexibility index (Phi) is 6.55. The van der Waals surface area contributed by atoms with Crippen LogP contribution in [0.4, 0.5) is 0 Å². The normalized spacial score (nSPS) is 11.1. The largest absolute Gasteiger partial charge is 0.467 e. The van der Waals surface area contributed by atoms with Crippen molar-refractivity contribution >= 4 is 15.9 Å². The van der Waals surface area contributed by atoms with Gasteiger partial charge in [0.25, 0.3) is 5.91 Å². The number of rotatable bonds is 8. The first-order chi connectivity index (χ1) is 12.4. The van der Waals surface area contributed by atoms with Gasteiger partial charge in [-0.05, 0) is 36.8 Å². The van der Waals surface area contributed by atoms with Crippen LogP contribution < -0.4 is 4.72 Å². The Morgan fingerprint density at radius 2 is 2.12 bits per heavy atom. The van der Waals surface area contributed by atoms with Crippen LogP contribution in [0.3, 0.4) is 0 Å². The van der Waals surface area contributed by atoms with Crippen molar-refractivity contribution < 1.29 is 17.6 Å². The highest BCUT2D eigenvalue weighted by Gasteiger charge is 2.22. The number of nitrogens with one attached hydrogen (secondary N) is 1. The van der Waals surface area contributed by atoms with Crippen molar-refractivity contribution in [2.45, 2.75) is 31.7 Å². The second kappa shape index (κ2) is 8.65. The molecule has 1 aromatic carbocycles. The van der Waals surface area contributed by atoms with Gasteiger partial charge in [-0.1, -0.05) is 13.0 Å². The van der Waals surface area contributed by atoms with Gasteiger partial charge >= 0.3 is 0 Å². The molecule has 0 aliphatic rings. The first-order valence-corrected chi connectivity index (χ1v) is 9.66. The highest BCUT2D eigenvalue weighted by Crippen LogP contribution is 2.19. The minimum atomic E-state index is -3.67. The molecule has 0 atom stereocenters. The molecule has 0 saturated heterocycles. The Bertz CT molecular complexity index is 899. The number of amides is 1. The number of benzene rings is 1. The highest BCUT2D eigenvalue weighted by atomic mass is 32.2. The summed E-state index contributed by atoms with van der Waals surface area (Å²) in [7, 11) is -3.67. The smallest absolute Gasteiger partial charge is 0.254 e. The second-order valence-electron chi connectivity index (χ2n) is 5.69. The number of nitrogens with zero attached hydrogens (tertiary/aromatic N) is 2. The van der Waals surface area contributed by atoms with Gasteiger partial charge in [-0.25, -0.2) is 13.1 Å². The van der Waals surface area contributed by atoms with Gasteiger partial charge in [0.2, 0.25) is 10.0 Å². The van der Waals surface area contributed by atoms with Crippen LogP contribution in [0.25, 0.3) is 0 Å². The topological polar surface area (TPSA) is 103 Å². The van der Waals surface area contributed by atoms with Crippen LogP contribution in [0.1, 0.15) is 35.0 Å². The Labute approximate surface area is 153 Å². The molecule has 0 fully saturated rings. The molecule has 0 spiro atoms. The summed E-state index contributed by atoms with van der Waals surface area (Å²) in [5.74, 6) is 0.244. The van der Waals surface area contributed by atoms with Gasteiger partial charge < -0.3 is 9.32 Å². The molecular formula is C18H21N3O4S. The number of furan rings is 1. The monoisotopic (exact) mass is 375 g/mol. The van der Waals surface area contributed by atoms with Crippen molar-refractivity contribution in [3.8, 4) is 6.07 Å². The lowest BCUT2D eigenvalue weighted by Crippen LogP contribution is -2.32. The minimum Gasteiger partial charge on any atom is -0.467 e. The molecule has 2 rings (SSSR count). The average molecular weight is 375 g/mol. The Morgan fingerprint density at radius 3 is 2.73 bits per heavy atom. The predicted molar refractivity (Wildman–Crippen MR) is 95.7 cm³/mol. The molecule has 8 heteroatoms. The molecule has 1 aromatic heterocycles. The molecule has 0 aliphatic heterocycles. The SMILES string of the molecule is CCNS(=O)(=O)c1ccc(C)c(C(=O)N(CCC#N)Cc2ccco2)c1. The van der Waals surface area contributed by atoms with Crippen molar-refractivity contribution in [2.24, 2.45) is 0 Å². The lowest BCUT2D eigenvalue weighted by atomic mass is 10.1. The lowest BCUT2D eigenvalue weighted by Gasteiger charge is -2.22. The maximum atomic E-state index is 13.0. The molecule has 26 heavy (non-hydrogen) atoms. The van der Waals surface area contributed by atoms with E-state index in [-0.39, 0.29) is 42.4 Å². The van der Waals surface area contributed by atoms with Crippen LogP contribution >= 0.6 is 0 Å². The lowest BCUT2D eigenvalue weighted by molar-refractivity contribution is 0.0734. The van der Waals surface area contributed by atoms with Crippen molar-refractivity contribution in [3.63, 3.8) is 0 Å². The molecule has 0 unspecified atom stereocenters. The summed E-state index contributed by atoms with van der Waals surface area (Å²) in [6.45, 7) is 4.11. The van der Waals surface area contributed by atoms with Gasteiger partial charge in [-0.2, -0.15) is 5.26 Å². The fraction of sp³-hybridized carbons (Fsp3) is 0.333. The van der Waals surface area contributed by atoms with E-state index in [0.29, 0.717) is 11.3 Å². The predicted octanol–water partition coefficient (Wildman–Crippen LogP) is 2.44. The molecule has 0 saturated carbocycles. The molecule has 138 valence electrons. The maximum Gasteiger partial charge on any atom is 0.254 e. The summed E-state index contributed by atoms with van der Waals surface area (Å²) in [4.78, 5) is 14.5. The second-order valence-corrected chi connectivity index (χ2v) is 7.46. The van der Waals surface area contributed by atoms with E-state index in [1.807, 2.05) is 6.07 Å². The van der Waals surface area contributed by atoms with Crippen molar-refractivity contribution in [2.75, 3.05) is 13.1 Å². The van der Waals surface area contributed by atoms with Crippen molar-refractivity contribution in [1.29, 1.82) is 5.26 Å². The van der Waals surface area contributed by atoms with Crippen molar-refractivity contribution in [1.82, 2.24) is 9.62 Å². The van der Waals surface area contributed by atoms with Gasteiger partial charge in [0.15, 0.2) is 0 Å². The third-order valence-corrected chi connectivity index (χ3v) is 5.33. The first-order valence-electron chi connectivity index (χ1n) is 8.18. The summed E-state index contributed by atoms with van der Waals surface area (Å²) >= 11 is 0. The van der Waals surface area contributed by atoms with Crippen LogP contribution in [0.2, 0.25) is 0 Å². The number of carbonyl (C=O) groups excluding carboxylic acids is 1. The minimum absolute atomic E-state index is 0.0338. The summed E-state index contributed by atoms with van der Waals surface area (Å²) in [5.41, 5.74) is 0.945. The van der Waals surface area contributed by atoms with Gasteiger partial charge in [-0.15, -0.1) is 0 Å². The van der Waals surface area contributed by atoms with E-state index >= 15 is 0 Å². The molecule has 0 bridgehead atoms. The molecular weight excluding hydrogens is 354 g/mol. The van der Waals surface area contributed by atoms with E-state index in [9.17, 15) is 13.2 Å². The maximum absolute atomic E-state index is 13.0. The summed E-state index contributed by atoms with van der Waals surface area (Å²) in [6.07, 6.45) is 1.68. The van der Waals surface area contributed by atoms with Gasteiger partial charge in [-0.3, -0.25) is 4.79 Å². The number of nitriles is 1. The van der Waals surface area contributed by atoms with E-state index in [0.717, 1.165) is 0 Å². The number of aryl methyl sites for hydroxylation is 1. The number of hydrogen-bond donors (Lipinski definition) is 1. The summed E-state index contributed by atoms with van der Waals surface area (Å²) in [6, 6.07) is 9.93. The van der Waals surface area contributed by atoms with Gasteiger partial charge in [0.1, 0.15) is 5.76 Å². The molecule has 2 aromatic rings. The molecule has 0 radical (unpaired) electrons. The van der Waals surface area contributed by atoms with Crippen LogP contribution in [0.15, 0.2) is 45.9 Å². The summed E-state index contributed by atoms with van der Waals surface area (Å²) in [5, 5.41) is 8.86. The zero-order chi connectivity index (χ0) is 19.2. The molecule has 1 N–H and O–H groups in total. The molecule has 1 amide bonds. The van der Waals surface area contributed by atoms with Crippen LogP contribution in [0.5, 0.6) is 0 Å². The van der Waals surface area contributed by atoms with E-state index in [1.165, 1.54) is 23.3 Å². The molecule has 0 aliphatic carbocycles. The number of carbonyl (C=O) groups is 1. The van der Waals surface area contributed by atoms with Crippen LogP contribution in [-0.2, 0) is 16.6 Å². The Balaban J connectivity index is 2.36. The average Bonchev–Trinajstić information content (AvgIpc) is 3.11. The Morgan fingerprint density at radius 1 is 1.35 bits per heavy atom. The third-order valence-electron chi connectivity index (χ3n) is 3.79. The number of hydrogen-bond acceptors (Lipinski definition) is 5. The van der Waals surface area contributed by atoms with Crippen LogP contribution in [-0.4, -0.2) is 32.3 Å². The first kappa shape index (κ1) is 19.7. The highest BCUT2D eigenvalue weighted by molar-refractivity contribution is 7.89. The standard InChI is InChI=1S/C18H21N3O4S/c1-3-20-26(23,24)16-8-7-14(2)17(12-16)18(22)21(10-5-9-19)13-15-6-4-11-25-15/h4,6-8,11-12,20H,3,5,10,13H2,1-2H3. The quantitative estimate of drug-likeness (QED) is 0.763. The third kappa shape index (κ3) is 4.71. The van der Waals surface area contributed by atoms with E-state index in [4.69, 9.17) is 9.68 Å². The summed E-state index contributed by atoms with van der Waals surface area (Å²) < 4.78 is 32.1. The van der Waals surface area contributed by atoms with E-state index in [1.54, 1.807) is 32.0 Å². The van der Waals surface area contributed by atoms with Crippen molar-refractivity contribution in [3.05, 3.63) is 53.5 Å². The van der Waals surface area contributed by atoms with Crippen LogP contribution in [0, 0.1) is 18.3 Å². The van der Waals surface area contributed by atoms with E-state index < -0.39 is 10.0 Å². The fourth-order valence-corrected chi connectivity index (χ4v) is 3.54. The number of sulfonamides is 1. The molecule has 7 nitrogen and oxygen atoms in total. The fourth-order valence-electron chi connectivity index (χ4n) is 2.47. The zero-order valence-electron chi connectivity index (χ0n) is 14.7. The van der Waals surface area contributed by atoms with E-state index in [2.05, 4.69) is 4.72 Å². The van der Waals surface area contributed by atoms with Gasteiger partial charge in [0.05, 0.1) is 30.2 Å². The Hall–Kier alpha value is -2.63. The zero-order valence-corrected chi connectivity index (χ0v) is 15.5. The molecule has 1 heterocycles.